The van der Waals surface area contributed by atoms with Crippen LogP contribution in [0.15, 0.2) is 18.3 Å². The molecule has 0 atom stereocenters. The Hall–Kier alpha value is -1.52. The van der Waals surface area contributed by atoms with E-state index in [2.05, 4.69) is 9.72 Å². The highest BCUT2D eigenvalue weighted by Crippen LogP contribution is 2.18. The van der Waals surface area contributed by atoms with Gasteiger partial charge in [0.1, 0.15) is 5.69 Å². The second kappa shape index (κ2) is 3.93. The van der Waals surface area contributed by atoms with Crippen LogP contribution in [-0.2, 0) is 4.74 Å². The minimum Gasteiger partial charge on any atom is -0.464 e. The molecule has 0 amide bonds. The number of halogens is 2. The molecule has 0 spiro atoms. The lowest BCUT2D eigenvalue weighted by atomic mass is 10.2. The minimum atomic E-state index is -2.61. The zero-order valence-electron chi connectivity index (χ0n) is 6.83. The lowest BCUT2D eigenvalue weighted by molar-refractivity contribution is 0.0593. The molecule has 0 saturated carbocycles. The summed E-state index contributed by atoms with van der Waals surface area (Å²) in [5.41, 5.74) is -0.351. The number of ether oxygens (including phenoxy) is 1. The number of aromatic nitrogens is 1. The van der Waals surface area contributed by atoms with E-state index in [0.717, 1.165) is 18.3 Å². The van der Waals surface area contributed by atoms with Crippen molar-refractivity contribution in [1.29, 1.82) is 0 Å². The van der Waals surface area contributed by atoms with E-state index in [1.165, 1.54) is 7.11 Å². The first-order chi connectivity index (χ1) is 6.15. The molecule has 1 aromatic heterocycles. The molecular formula is C8H7F2NO2. The molecule has 5 heteroatoms. The second-order valence-corrected chi connectivity index (χ2v) is 2.27. The number of hydrogen-bond donors (Lipinski definition) is 0. The van der Waals surface area contributed by atoms with E-state index in [0.29, 0.717) is 0 Å². The van der Waals surface area contributed by atoms with Crippen molar-refractivity contribution in [1.82, 2.24) is 4.98 Å². The Kier molecular flexibility index (Phi) is 2.89. The van der Waals surface area contributed by atoms with Gasteiger partial charge in [0.05, 0.1) is 7.11 Å². The summed E-state index contributed by atoms with van der Waals surface area (Å²) in [5.74, 6) is -0.720. The normalized spacial score (nSPS) is 10.2. The first kappa shape index (κ1) is 9.57. The second-order valence-electron chi connectivity index (χ2n) is 2.27. The van der Waals surface area contributed by atoms with Gasteiger partial charge in [0.2, 0.25) is 0 Å². The van der Waals surface area contributed by atoms with Gasteiger partial charge in [0, 0.05) is 11.8 Å². The molecule has 70 valence electrons. The van der Waals surface area contributed by atoms with Crippen LogP contribution in [0.2, 0.25) is 0 Å². The molecular weight excluding hydrogens is 180 g/mol. The van der Waals surface area contributed by atoms with Crippen LogP contribution >= 0.6 is 0 Å². The van der Waals surface area contributed by atoms with Gasteiger partial charge in [0.25, 0.3) is 6.43 Å². The van der Waals surface area contributed by atoms with E-state index >= 15 is 0 Å². The third kappa shape index (κ3) is 2.21. The topological polar surface area (TPSA) is 39.2 Å². The van der Waals surface area contributed by atoms with Gasteiger partial charge in [-0.25, -0.2) is 18.6 Å². The highest BCUT2D eigenvalue weighted by molar-refractivity contribution is 5.87. The fourth-order valence-corrected chi connectivity index (χ4v) is 0.799. The molecule has 1 aromatic rings. The SMILES string of the molecule is COC(=O)c1cc(C(F)F)ccn1. The molecule has 0 saturated heterocycles. The van der Waals surface area contributed by atoms with Crippen molar-refractivity contribution in [2.75, 3.05) is 7.11 Å². The highest BCUT2D eigenvalue weighted by atomic mass is 19.3. The average Bonchev–Trinajstić information content (AvgIpc) is 2.17. The van der Waals surface area contributed by atoms with Crippen molar-refractivity contribution < 1.29 is 18.3 Å². The Morgan fingerprint density at radius 1 is 1.62 bits per heavy atom. The van der Waals surface area contributed by atoms with Crippen LogP contribution in [0.5, 0.6) is 0 Å². The third-order valence-electron chi connectivity index (χ3n) is 1.43. The lowest BCUT2D eigenvalue weighted by Crippen LogP contribution is -2.04. The molecule has 0 unspecified atom stereocenters. The summed E-state index contributed by atoms with van der Waals surface area (Å²) in [6.07, 6.45) is -1.46. The monoisotopic (exact) mass is 187 g/mol. The number of esters is 1. The molecule has 0 fully saturated rings. The summed E-state index contributed by atoms with van der Waals surface area (Å²) in [4.78, 5) is 14.4. The zero-order valence-corrected chi connectivity index (χ0v) is 6.83. The highest BCUT2D eigenvalue weighted by Gasteiger charge is 2.12. The Labute approximate surface area is 73.4 Å². The zero-order chi connectivity index (χ0) is 9.84. The van der Waals surface area contributed by atoms with E-state index in [1.807, 2.05) is 0 Å². The quantitative estimate of drug-likeness (QED) is 0.663. The first-order valence-corrected chi connectivity index (χ1v) is 3.47. The molecule has 3 nitrogen and oxygen atoms in total. The van der Waals surface area contributed by atoms with Crippen LogP contribution in [0.25, 0.3) is 0 Å². The van der Waals surface area contributed by atoms with Crippen molar-refractivity contribution in [2.24, 2.45) is 0 Å². The van der Waals surface area contributed by atoms with Crippen LogP contribution < -0.4 is 0 Å². The average molecular weight is 187 g/mol. The van der Waals surface area contributed by atoms with Gasteiger partial charge in [-0.2, -0.15) is 0 Å². The van der Waals surface area contributed by atoms with Gasteiger partial charge in [-0.1, -0.05) is 0 Å². The Morgan fingerprint density at radius 3 is 2.85 bits per heavy atom. The summed E-state index contributed by atoms with van der Waals surface area (Å²) < 4.78 is 28.6. The largest absolute Gasteiger partial charge is 0.464 e. The number of hydrogen-bond acceptors (Lipinski definition) is 3. The number of rotatable bonds is 2. The fourth-order valence-electron chi connectivity index (χ4n) is 0.799. The minimum absolute atomic E-state index is 0.111. The summed E-state index contributed by atoms with van der Waals surface area (Å²) in [6.45, 7) is 0. The lowest BCUT2D eigenvalue weighted by Gasteiger charge is -2.01. The summed E-state index contributed by atoms with van der Waals surface area (Å²) in [6, 6.07) is 2.16. The fraction of sp³-hybridized carbons (Fsp3) is 0.250. The predicted molar refractivity (Wildman–Crippen MR) is 40.5 cm³/mol. The molecule has 1 rings (SSSR count). The molecule has 1 heterocycles. The number of carbonyl (C=O) groups excluding carboxylic acids is 1. The standard InChI is InChI=1S/C8H7F2NO2/c1-13-8(12)6-4-5(7(9)10)2-3-11-6/h2-4,7H,1H3. The third-order valence-corrected chi connectivity index (χ3v) is 1.43. The number of carbonyl (C=O) groups is 1. The van der Waals surface area contributed by atoms with Gasteiger partial charge in [-0.3, -0.25) is 0 Å². The Bertz CT molecular complexity index is 315. The smallest absolute Gasteiger partial charge is 0.356 e. The summed E-state index contributed by atoms with van der Waals surface area (Å²) in [7, 11) is 1.17. The van der Waals surface area contributed by atoms with Crippen LogP contribution in [0.4, 0.5) is 8.78 Å². The van der Waals surface area contributed by atoms with Crippen molar-refractivity contribution >= 4 is 5.97 Å². The maximum absolute atomic E-state index is 12.1. The van der Waals surface area contributed by atoms with Gasteiger partial charge in [-0.05, 0) is 12.1 Å². The summed E-state index contributed by atoms with van der Waals surface area (Å²) >= 11 is 0. The molecule has 0 aliphatic carbocycles. The molecule has 0 bridgehead atoms. The number of alkyl halides is 2. The Morgan fingerprint density at radius 2 is 2.31 bits per heavy atom. The van der Waals surface area contributed by atoms with E-state index in [9.17, 15) is 13.6 Å². The van der Waals surface area contributed by atoms with Crippen molar-refractivity contribution in [3.63, 3.8) is 0 Å². The van der Waals surface area contributed by atoms with Crippen LogP contribution in [0, 0.1) is 0 Å². The van der Waals surface area contributed by atoms with E-state index in [1.54, 1.807) is 0 Å². The summed E-state index contributed by atoms with van der Waals surface area (Å²) in [5, 5.41) is 0. The molecule has 0 aliphatic rings. The molecule has 0 aliphatic heterocycles. The first-order valence-electron chi connectivity index (χ1n) is 3.47. The predicted octanol–water partition coefficient (Wildman–Crippen LogP) is 1.81. The maximum Gasteiger partial charge on any atom is 0.356 e. The van der Waals surface area contributed by atoms with Crippen molar-refractivity contribution in [3.05, 3.63) is 29.6 Å². The number of methoxy groups -OCH3 is 1. The number of nitrogens with zero attached hydrogens (tertiary/aromatic N) is 1. The van der Waals surface area contributed by atoms with E-state index < -0.39 is 12.4 Å². The van der Waals surface area contributed by atoms with Gasteiger partial charge in [-0.15, -0.1) is 0 Å². The van der Waals surface area contributed by atoms with Gasteiger partial charge < -0.3 is 4.74 Å². The van der Waals surface area contributed by atoms with E-state index in [-0.39, 0.29) is 11.3 Å². The van der Waals surface area contributed by atoms with Crippen LogP contribution in [0.1, 0.15) is 22.5 Å². The molecule has 0 radical (unpaired) electrons. The Balaban J connectivity index is 2.98. The molecule has 0 N–H and O–H groups in total. The van der Waals surface area contributed by atoms with Crippen LogP contribution in [0.3, 0.4) is 0 Å². The van der Waals surface area contributed by atoms with Crippen molar-refractivity contribution in [3.8, 4) is 0 Å². The molecule has 0 aromatic carbocycles. The van der Waals surface area contributed by atoms with Crippen LogP contribution in [-0.4, -0.2) is 18.1 Å². The van der Waals surface area contributed by atoms with E-state index in [4.69, 9.17) is 0 Å². The number of pyridine rings is 1. The van der Waals surface area contributed by atoms with Crippen molar-refractivity contribution in [2.45, 2.75) is 6.43 Å². The van der Waals surface area contributed by atoms with Gasteiger partial charge in [0.15, 0.2) is 0 Å². The molecule has 13 heavy (non-hydrogen) atoms. The van der Waals surface area contributed by atoms with Gasteiger partial charge >= 0.3 is 5.97 Å². The maximum atomic E-state index is 12.1.